The van der Waals surface area contributed by atoms with Crippen molar-refractivity contribution in [1.82, 2.24) is 5.32 Å². The molecule has 128 valence electrons. The summed E-state index contributed by atoms with van der Waals surface area (Å²) in [6, 6.07) is 19.4. The molecule has 0 radical (unpaired) electrons. The molecule has 1 amide bonds. The molecule has 1 aliphatic rings. The van der Waals surface area contributed by atoms with Crippen molar-refractivity contribution in [2.24, 2.45) is 0 Å². The molecule has 3 rings (SSSR count). The van der Waals surface area contributed by atoms with E-state index in [1.165, 1.54) is 0 Å². The molecular formula is C22H18N2O2. The zero-order valence-electron chi connectivity index (χ0n) is 14.2. The molecule has 0 fully saturated rings. The first-order chi connectivity index (χ1) is 12.7. The van der Waals surface area contributed by atoms with Gasteiger partial charge in [-0.05, 0) is 29.4 Å². The van der Waals surface area contributed by atoms with Crippen LogP contribution in [0.1, 0.15) is 17.2 Å². The minimum absolute atomic E-state index is 0.0296. The maximum Gasteiger partial charge on any atom is 0.262 e. The quantitative estimate of drug-likeness (QED) is 0.508. The molecule has 0 spiro atoms. The zero-order valence-corrected chi connectivity index (χ0v) is 14.2. The summed E-state index contributed by atoms with van der Waals surface area (Å²) < 4.78 is 6.17. The number of rotatable bonds is 5. The summed E-state index contributed by atoms with van der Waals surface area (Å²) >= 11 is 0. The third-order valence-electron chi connectivity index (χ3n) is 3.97. The minimum Gasteiger partial charge on any atom is -0.480 e. The van der Waals surface area contributed by atoms with Gasteiger partial charge in [0, 0.05) is 12.1 Å². The largest absolute Gasteiger partial charge is 0.480 e. The molecule has 1 unspecified atom stereocenters. The second-order valence-electron chi connectivity index (χ2n) is 5.76. The van der Waals surface area contributed by atoms with Crippen LogP contribution < -0.4 is 10.1 Å². The number of nitriles is 1. The van der Waals surface area contributed by atoms with Gasteiger partial charge in [-0.2, -0.15) is 5.26 Å². The van der Waals surface area contributed by atoms with Gasteiger partial charge in [-0.25, -0.2) is 0 Å². The van der Waals surface area contributed by atoms with Crippen molar-refractivity contribution in [2.75, 3.05) is 6.54 Å². The number of nitrogens with zero attached hydrogens (tertiary/aromatic N) is 1. The molecule has 2 aromatic rings. The van der Waals surface area contributed by atoms with Crippen LogP contribution in [0, 0.1) is 11.3 Å². The van der Waals surface area contributed by atoms with E-state index in [1.54, 1.807) is 12.2 Å². The van der Waals surface area contributed by atoms with E-state index in [1.807, 2.05) is 66.7 Å². The Kier molecular flexibility index (Phi) is 5.31. The van der Waals surface area contributed by atoms with Crippen molar-refractivity contribution in [1.29, 1.82) is 5.26 Å². The predicted octanol–water partition coefficient (Wildman–Crippen LogP) is 3.96. The Hall–Kier alpha value is -3.58. The van der Waals surface area contributed by atoms with Crippen LogP contribution in [0.5, 0.6) is 5.75 Å². The predicted molar refractivity (Wildman–Crippen MR) is 101 cm³/mol. The van der Waals surface area contributed by atoms with E-state index in [2.05, 4.69) is 11.9 Å². The van der Waals surface area contributed by atoms with Gasteiger partial charge < -0.3 is 10.1 Å². The van der Waals surface area contributed by atoms with Gasteiger partial charge in [-0.15, -0.1) is 6.58 Å². The third kappa shape index (κ3) is 3.73. The highest BCUT2D eigenvalue weighted by Crippen LogP contribution is 2.38. The van der Waals surface area contributed by atoms with E-state index >= 15 is 0 Å². The fourth-order valence-electron chi connectivity index (χ4n) is 2.74. The van der Waals surface area contributed by atoms with E-state index in [0.717, 1.165) is 22.4 Å². The monoisotopic (exact) mass is 342 g/mol. The lowest BCUT2D eigenvalue weighted by Crippen LogP contribution is -2.25. The summed E-state index contributed by atoms with van der Waals surface area (Å²) in [5.41, 5.74) is 2.64. The van der Waals surface area contributed by atoms with Crippen LogP contribution in [0.25, 0.3) is 6.08 Å². The summed E-state index contributed by atoms with van der Waals surface area (Å²) in [6.45, 7) is 3.87. The smallest absolute Gasteiger partial charge is 0.262 e. The maximum atomic E-state index is 12.2. The number of carbonyl (C=O) groups excluding carboxylic acids is 1. The van der Waals surface area contributed by atoms with Crippen LogP contribution in [-0.4, -0.2) is 12.5 Å². The molecule has 0 saturated heterocycles. The van der Waals surface area contributed by atoms with E-state index in [-0.39, 0.29) is 11.7 Å². The molecule has 2 aromatic carbocycles. The first-order valence-corrected chi connectivity index (χ1v) is 8.26. The lowest BCUT2D eigenvalue weighted by atomic mass is 9.94. The second-order valence-corrected chi connectivity index (χ2v) is 5.76. The van der Waals surface area contributed by atoms with E-state index < -0.39 is 5.91 Å². The molecule has 1 N–H and O–H groups in total. The normalized spacial score (nSPS) is 15.7. The Bertz CT molecular complexity index is 921. The Morgan fingerprint density at radius 1 is 1.19 bits per heavy atom. The van der Waals surface area contributed by atoms with Gasteiger partial charge in [0.15, 0.2) is 0 Å². The Morgan fingerprint density at radius 3 is 2.65 bits per heavy atom. The molecule has 4 nitrogen and oxygen atoms in total. The van der Waals surface area contributed by atoms with Gasteiger partial charge in [0.1, 0.15) is 23.5 Å². The SMILES string of the molecule is C=CCNC(=O)C(C#N)=CC1=Cc2ccccc2OC1c1ccccc1. The number of amides is 1. The molecule has 1 atom stereocenters. The van der Waals surface area contributed by atoms with E-state index in [4.69, 9.17) is 4.74 Å². The fraction of sp³-hybridized carbons (Fsp3) is 0.0909. The van der Waals surface area contributed by atoms with Crippen molar-refractivity contribution in [3.05, 3.63) is 95.6 Å². The van der Waals surface area contributed by atoms with Gasteiger partial charge in [0.25, 0.3) is 5.91 Å². The average Bonchev–Trinajstić information content (AvgIpc) is 2.70. The average molecular weight is 342 g/mol. The lowest BCUT2D eigenvalue weighted by molar-refractivity contribution is -0.116. The van der Waals surface area contributed by atoms with Crippen LogP contribution in [-0.2, 0) is 4.79 Å². The highest BCUT2D eigenvalue weighted by molar-refractivity contribution is 5.98. The van der Waals surface area contributed by atoms with Gasteiger partial charge in [0.2, 0.25) is 0 Å². The van der Waals surface area contributed by atoms with E-state index in [9.17, 15) is 10.1 Å². The van der Waals surface area contributed by atoms with Crippen molar-refractivity contribution in [3.8, 4) is 11.8 Å². The van der Waals surface area contributed by atoms with Gasteiger partial charge in [-0.1, -0.05) is 54.6 Å². The van der Waals surface area contributed by atoms with Crippen LogP contribution in [0.2, 0.25) is 0 Å². The molecule has 0 saturated carbocycles. The molecule has 1 aliphatic heterocycles. The summed E-state index contributed by atoms with van der Waals surface area (Å²) in [7, 11) is 0. The van der Waals surface area contributed by atoms with Gasteiger partial charge in [0.05, 0.1) is 0 Å². The van der Waals surface area contributed by atoms with Crippen molar-refractivity contribution < 1.29 is 9.53 Å². The second kappa shape index (κ2) is 8.00. The Labute approximate surface area is 152 Å². The molecule has 4 heteroatoms. The fourth-order valence-corrected chi connectivity index (χ4v) is 2.74. The first kappa shape index (κ1) is 17.2. The summed E-state index contributed by atoms with van der Waals surface area (Å²) in [4.78, 5) is 12.2. The van der Waals surface area contributed by atoms with Crippen LogP contribution in [0.3, 0.4) is 0 Å². The van der Waals surface area contributed by atoms with Crippen molar-refractivity contribution >= 4 is 12.0 Å². The third-order valence-corrected chi connectivity index (χ3v) is 3.97. The van der Waals surface area contributed by atoms with E-state index in [0.29, 0.717) is 6.54 Å². The number of carbonyl (C=O) groups is 1. The molecule has 1 heterocycles. The van der Waals surface area contributed by atoms with Crippen LogP contribution >= 0.6 is 0 Å². The Balaban J connectivity index is 2.03. The van der Waals surface area contributed by atoms with Gasteiger partial charge >= 0.3 is 0 Å². The number of hydrogen-bond donors (Lipinski definition) is 1. The van der Waals surface area contributed by atoms with Crippen LogP contribution in [0.15, 0.2) is 84.5 Å². The highest BCUT2D eigenvalue weighted by Gasteiger charge is 2.24. The summed E-state index contributed by atoms with van der Waals surface area (Å²) in [6.07, 6.45) is 4.72. The molecule has 0 aromatic heterocycles. The topological polar surface area (TPSA) is 62.1 Å². The zero-order chi connectivity index (χ0) is 18.4. The number of nitrogens with one attached hydrogen (secondary N) is 1. The standard InChI is InChI=1S/C22H18N2O2/c1-2-12-24-22(25)19(15-23)14-18-13-17-10-6-7-11-20(17)26-21(18)16-8-4-3-5-9-16/h2-11,13-14,21H,1,12H2,(H,24,25). The lowest BCUT2D eigenvalue weighted by Gasteiger charge is -2.26. The summed E-state index contributed by atoms with van der Waals surface area (Å²) in [5, 5.41) is 12.0. The molecule has 26 heavy (non-hydrogen) atoms. The highest BCUT2D eigenvalue weighted by atomic mass is 16.5. The maximum absolute atomic E-state index is 12.2. The van der Waals surface area contributed by atoms with Crippen LogP contribution in [0.4, 0.5) is 0 Å². The van der Waals surface area contributed by atoms with Crippen molar-refractivity contribution in [3.63, 3.8) is 0 Å². The number of benzene rings is 2. The Morgan fingerprint density at radius 2 is 1.92 bits per heavy atom. The van der Waals surface area contributed by atoms with Gasteiger partial charge in [-0.3, -0.25) is 4.79 Å². The number of ether oxygens (including phenoxy) is 1. The minimum atomic E-state index is -0.432. The molecule has 0 aliphatic carbocycles. The number of fused-ring (bicyclic) bond motifs is 1. The molecule has 0 bridgehead atoms. The number of hydrogen-bond acceptors (Lipinski definition) is 3. The number of para-hydroxylation sites is 1. The molecular weight excluding hydrogens is 324 g/mol. The first-order valence-electron chi connectivity index (χ1n) is 8.26. The van der Waals surface area contributed by atoms with Crippen molar-refractivity contribution in [2.45, 2.75) is 6.10 Å². The summed E-state index contributed by atoms with van der Waals surface area (Å²) in [5.74, 6) is 0.340.